The maximum absolute atomic E-state index is 11.9. The minimum atomic E-state index is -1.03. The minimum Gasteiger partial charge on any atom is -0.478 e. The number of carboxylic acids is 1. The van der Waals surface area contributed by atoms with Gasteiger partial charge in [-0.3, -0.25) is 9.48 Å². The lowest BCUT2D eigenvalue weighted by Gasteiger charge is -2.07. The number of hydrogen-bond donors (Lipinski definition) is 2. The molecule has 1 aromatic heterocycles. The summed E-state index contributed by atoms with van der Waals surface area (Å²) in [6.07, 6.45) is 1.75. The Morgan fingerprint density at radius 2 is 2.00 bits per heavy atom. The van der Waals surface area contributed by atoms with Crippen LogP contribution < -0.4 is 5.32 Å². The predicted molar refractivity (Wildman–Crippen MR) is 76.9 cm³/mol. The van der Waals surface area contributed by atoms with Gasteiger partial charge in [-0.1, -0.05) is 18.2 Å². The average Bonchev–Trinajstić information content (AvgIpc) is 2.77. The fraction of sp³-hybridized carbons (Fsp3) is 0.267. The number of nitrogens with one attached hydrogen (secondary N) is 1. The lowest BCUT2D eigenvalue weighted by atomic mass is 10.0. The summed E-state index contributed by atoms with van der Waals surface area (Å²) in [6.45, 7) is 2.31. The Balaban J connectivity index is 1.99. The number of aryl methyl sites for hydroxylation is 1. The molecule has 0 atom stereocenters. The highest BCUT2D eigenvalue weighted by atomic mass is 16.4. The number of nitrogens with zero attached hydrogens (tertiary/aromatic N) is 2. The molecule has 2 rings (SSSR count). The fourth-order valence-electron chi connectivity index (χ4n) is 2.03. The second kappa shape index (κ2) is 6.21. The zero-order valence-electron chi connectivity index (χ0n) is 12.0. The van der Waals surface area contributed by atoms with Gasteiger partial charge in [0.2, 0.25) is 5.91 Å². The predicted octanol–water partition coefficient (Wildman–Crippen LogP) is 1.29. The molecule has 2 N–H and O–H groups in total. The van der Waals surface area contributed by atoms with Crippen LogP contribution in [0.1, 0.15) is 27.2 Å². The third kappa shape index (κ3) is 3.47. The quantitative estimate of drug-likeness (QED) is 0.867. The molecule has 0 saturated heterocycles. The van der Waals surface area contributed by atoms with Crippen molar-refractivity contribution < 1.29 is 14.7 Å². The van der Waals surface area contributed by atoms with Crippen LogP contribution in [0, 0.1) is 6.92 Å². The number of amides is 1. The lowest BCUT2D eigenvalue weighted by Crippen LogP contribution is -2.25. The van der Waals surface area contributed by atoms with Crippen molar-refractivity contribution in [3.63, 3.8) is 0 Å². The van der Waals surface area contributed by atoms with Gasteiger partial charge < -0.3 is 10.4 Å². The summed E-state index contributed by atoms with van der Waals surface area (Å²) in [7, 11) is 1.84. The molecule has 110 valence electrons. The number of carboxylic acid groups (broad SMARTS) is 1. The second-order valence-corrected chi connectivity index (χ2v) is 4.79. The molecule has 6 nitrogen and oxygen atoms in total. The van der Waals surface area contributed by atoms with E-state index >= 15 is 0 Å². The van der Waals surface area contributed by atoms with Crippen LogP contribution in [-0.4, -0.2) is 26.8 Å². The zero-order chi connectivity index (χ0) is 15.4. The van der Waals surface area contributed by atoms with Crippen molar-refractivity contribution in [3.8, 4) is 0 Å². The standard InChI is InChI=1S/C15H17N3O3/c1-10-12(9-17-18(10)2)8-16-14(19)7-11-5-3-4-6-13(11)15(20)21/h3-6,9H,7-8H2,1-2H3,(H,16,19)(H,20,21). The molecule has 0 fully saturated rings. The molecular weight excluding hydrogens is 270 g/mol. The molecule has 0 aliphatic carbocycles. The van der Waals surface area contributed by atoms with E-state index in [1.807, 2.05) is 14.0 Å². The first-order valence-electron chi connectivity index (χ1n) is 6.54. The van der Waals surface area contributed by atoms with E-state index in [1.54, 1.807) is 29.1 Å². The van der Waals surface area contributed by atoms with E-state index in [4.69, 9.17) is 5.11 Å². The molecule has 0 bridgehead atoms. The zero-order valence-corrected chi connectivity index (χ0v) is 12.0. The average molecular weight is 287 g/mol. The molecule has 1 amide bonds. The number of benzene rings is 1. The molecular formula is C15H17N3O3. The number of aromatic nitrogens is 2. The van der Waals surface area contributed by atoms with Crippen molar-refractivity contribution in [1.29, 1.82) is 0 Å². The second-order valence-electron chi connectivity index (χ2n) is 4.79. The van der Waals surface area contributed by atoms with Crippen LogP contribution >= 0.6 is 0 Å². The van der Waals surface area contributed by atoms with Crippen molar-refractivity contribution in [1.82, 2.24) is 15.1 Å². The number of carbonyl (C=O) groups excluding carboxylic acids is 1. The van der Waals surface area contributed by atoms with Crippen LogP contribution in [0.4, 0.5) is 0 Å². The molecule has 0 spiro atoms. The molecule has 21 heavy (non-hydrogen) atoms. The van der Waals surface area contributed by atoms with Gasteiger partial charge in [-0.05, 0) is 18.6 Å². The summed E-state index contributed by atoms with van der Waals surface area (Å²) < 4.78 is 1.74. The van der Waals surface area contributed by atoms with Crippen LogP contribution in [0.15, 0.2) is 30.5 Å². The van der Waals surface area contributed by atoms with Gasteiger partial charge in [0.15, 0.2) is 0 Å². The first-order valence-corrected chi connectivity index (χ1v) is 6.54. The first-order chi connectivity index (χ1) is 9.99. The highest BCUT2D eigenvalue weighted by molar-refractivity contribution is 5.91. The van der Waals surface area contributed by atoms with Gasteiger partial charge in [-0.25, -0.2) is 4.79 Å². The number of carbonyl (C=O) groups is 2. The lowest BCUT2D eigenvalue weighted by molar-refractivity contribution is -0.120. The Morgan fingerprint density at radius 3 is 2.62 bits per heavy atom. The van der Waals surface area contributed by atoms with Crippen LogP contribution in [0.2, 0.25) is 0 Å². The Morgan fingerprint density at radius 1 is 1.29 bits per heavy atom. The van der Waals surface area contributed by atoms with Crippen molar-refractivity contribution in [2.24, 2.45) is 7.05 Å². The highest BCUT2D eigenvalue weighted by Crippen LogP contribution is 2.10. The van der Waals surface area contributed by atoms with Crippen LogP contribution in [0.25, 0.3) is 0 Å². The molecule has 0 aliphatic rings. The van der Waals surface area contributed by atoms with Gasteiger partial charge in [0.25, 0.3) is 0 Å². The monoisotopic (exact) mass is 287 g/mol. The van der Waals surface area contributed by atoms with Gasteiger partial charge in [0, 0.05) is 24.8 Å². The largest absolute Gasteiger partial charge is 0.478 e. The van der Waals surface area contributed by atoms with Gasteiger partial charge in [-0.2, -0.15) is 5.10 Å². The first kappa shape index (κ1) is 14.8. The molecule has 0 aliphatic heterocycles. The van der Waals surface area contributed by atoms with Gasteiger partial charge in [0.05, 0.1) is 18.2 Å². The summed E-state index contributed by atoms with van der Waals surface area (Å²) in [4.78, 5) is 23.0. The van der Waals surface area contributed by atoms with Crippen LogP contribution in [0.3, 0.4) is 0 Å². The van der Waals surface area contributed by atoms with E-state index in [1.165, 1.54) is 6.07 Å². The van der Waals surface area contributed by atoms with Crippen LogP contribution in [-0.2, 0) is 24.8 Å². The number of aromatic carboxylic acids is 1. The summed E-state index contributed by atoms with van der Waals surface area (Å²) in [5, 5.41) is 16.0. The highest BCUT2D eigenvalue weighted by Gasteiger charge is 2.13. The van der Waals surface area contributed by atoms with E-state index in [9.17, 15) is 9.59 Å². The summed E-state index contributed by atoms with van der Waals surface area (Å²) in [6, 6.07) is 6.51. The van der Waals surface area contributed by atoms with Gasteiger partial charge in [-0.15, -0.1) is 0 Å². The van der Waals surface area contributed by atoms with Crippen molar-refractivity contribution in [3.05, 3.63) is 52.8 Å². The summed E-state index contributed by atoms with van der Waals surface area (Å²) in [5.41, 5.74) is 2.59. The smallest absolute Gasteiger partial charge is 0.335 e. The van der Waals surface area contributed by atoms with Crippen LogP contribution in [0.5, 0.6) is 0 Å². The normalized spacial score (nSPS) is 10.4. The fourth-order valence-corrected chi connectivity index (χ4v) is 2.03. The van der Waals surface area contributed by atoms with Crippen molar-refractivity contribution in [2.75, 3.05) is 0 Å². The molecule has 6 heteroatoms. The van der Waals surface area contributed by atoms with Gasteiger partial charge >= 0.3 is 5.97 Å². The third-order valence-electron chi connectivity index (χ3n) is 3.41. The number of hydrogen-bond acceptors (Lipinski definition) is 3. The number of rotatable bonds is 5. The van der Waals surface area contributed by atoms with E-state index in [0.717, 1.165) is 11.3 Å². The molecule has 0 saturated carbocycles. The van der Waals surface area contributed by atoms with E-state index in [0.29, 0.717) is 12.1 Å². The Labute approximate surface area is 122 Å². The Bertz CT molecular complexity index is 677. The summed E-state index contributed by atoms with van der Waals surface area (Å²) >= 11 is 0. The molecule has 1 heterocycles. The van der Waals surface area contributed by atoms with Gasteiger partial charge in [0.1, 0.15) is 0 Å². The maximum atomic E-state index is 11.9. The van der Waals surface area contributed by atoms with Crippen molar-refractivity contribution >= 4 is 11.9 Å². The Kier molecular flexibility index (Phi) is 4.37. The molecule has 1 aromatic carbocycles. The molecule has 0 unspecified atom stereocenters. The van der Waals surface area contributed by atoms with E-state index < -0.39 is 5.97 Å². The van der Waals surface area contributed by atoms with E-state index in [2.05, 4.69) is 10.4 Å². The minimum absolute atomic E-state index is 0.0434. The maximum Gasteiger partial charge on any atom is 0.335 e. The SMILES string of the molecule is Cc1c(CNC(=O)Cc2ccccc2C(=O)O)cnn1C. The molecule has 0 radical (unpaired) electrons. The molecule has 2 aromatic rings. The van der Waals surface area contributed by atoms with Crippen molar-refractivity contribution in [2.45, 2.75) is 19.9 Å². The summed E-state index contributed by atoms with van der Waals surface area (Å²) in [5.74, 6) is -1.24. The third-order valence-corrected chi connectivity index (χ3v) is 3.41. The van der Waals surface area contributed by atoms with E-state index in [-0.39, 0.29) is 17.9 Å². The Hall–Kier alpha value is -2.63. The topological polar surface area (TPSA) is 84.2 Å².